The molecule has 10 bridgehead atoms. The van der Waals surface area contributed by atoms with Crippen LogP contribution in [-0.4, -0.2) is 51.4 Å². The van der Waals surface area contributed by atoms with Crippen LogP contribution in [0.5, 0.6) is 23.0 Å². The van der Waals surface area contributed by atoms with Crippen molar-refractivity contribution in [1.82, 2.24) is 0 Å². The monoisotopic (exact) mass is 692 g/mol. The first-order chi connectivity index (χ1) is 21.1. The molecule has 0 saturated heterocycles. The van der Waals surface area contributed by atoms with Crippen molar-refractivity contribution >= 4 is 22.6 Å². The van der Waals surface area contributed by atoms with Crippen LogP contribution in [-0.2, 0) is 35.2 Å². The van der Waals surface area contributed by atoms with Gasteiger partial charge in [0.15, 0.2) is 0 Å². The molecule has 7 heteroatoms. The first-order valence-corrected chi connectivity index (χ1v) is 16.0. The third-order valence-corrected chi connectivity index (χ3v) is 8.52. The molecule has 2 aliphatic rings. The van der Waals surface area contributed by atoms with E-state index in [9.17, 15) is 5.11 Å². The number of phenolic OH excluding ortho intramolecular Hbond substituents is 1. The summed E-state index contributed by atoms with van der Waals surface area (Å²) >= 11 is 2.34. The van der Waals surface area contributed by atoms with E-state index in [0.29, 0.717) is 77.7 Å². The van der Waals surface area contributed by atoms with Gasteiger partial charge in [0, 0.05) is 29.3 Å². The zero-order valence-electron chi connectivity index (χ0n) is 24.5. The summed E-state index contributed by atoms with van der Waals surface area (Å²) < 4.78 is 31.9. The smallest absolute Gasteiger partial charge is 0.126 e. The highest BCUT2D eigenvalue weighted by molar-refractivity contribution is 14.1. The molecular formula is C36H37IO6. The van der Waals surface area contributed by atoms with E-state index in [0.717, 1.165) is 65.3 Å². The molecule has 0 spiro atoms. The van der Waals surface area contributed by atoms with Crippen LogP contribution in [0.15, 0.2) is 66.7 Å². The van der Waals surface area contributed by atoms with Crippen molar-refractivity contribution in [3.8, 4) is 23.0 Å². The molecule has 0 saturated carbocycles. The molecule has 1 heterocycles. The lowest BCUT2D eigenvalue weighted by Gasteiger charge is -2.21. The third-order valence-electron chi connectivity index (χ3n) is 7.90. The van der Waals surface area contributed by atoms with Crippen molar-refractivity contribution in [2.45, 2.75) is 32.6 Å². The average molecular weight is 693 g/mol. The lowest BCUT2D eigenvalue weighted by atomic mass is 9.91. The van der Waals surface area contributed by atoms with Gasteiger partial charge >= 0.3 is 0 Å². The summed E-state index contributed by atoms with van der Waals surface area (Å²) in [5.74, 6) is 2.91. The van der Waals surface area contributed by atoms with Crippen molar-refractivity contribution < 1.29 is 28.8 Å². The summed E-state index contributed by atoms with van der Waals surface area (Å²) in [6.07, 6.45) is 2.37. The SMILES string of the molecule is CCOc1c2cccc1Cc1cccc3c1OCCOCCOCCOc1c(cccc1C3)Cc1cc(I)cc(c1O)C2. The standard InChI is InChI=1S/C36H37IO6/c1-2-41-34-24-6-3-10-28(34)20-30-22-32(37)23-31(33(30)38)21-29-11-5-9-27-19-26-8-4-7-25(18-24)35(26)42-16-14-39-12-13-40-15-17-43-36(27)29/h3-11,22-23,38H,2,12-21H2,1H3. The second-order valence-electron chi connectivity index (χ2n) is 10.9. The van der Waals surface area contributed by atoms with Crippen LogP contribution in [0.4, 0.5) is 0 Å². The van der Waals surface area contributed by atoms with Gasteiger partial charge in [-0.25, -0.2) is 0 Å². The molecule has 1 aliphatic carbocycles. The van der Waals surface area contributed by atoms with E-state index in [4.69, 9.17) is 23.7 Å². The predicted octanol–water partition coefficient (Wildman–Crippen LogP) is 6.88. The van der Waals surface area contributed by atoms with Gasteiger partial charge in [0.2, 0.25) is 0 Å². The highest BCUT2D eigenvalue weighted by Gasteiger charge is 2.21. The molecule has 6 nitrogen and oxygen atoms in total. The lowest BCUT2D eigenvalue weighted by molar-refractivity contribution is 0.0273. The Morgan fingerprint density at radius 1 is 0.605 bits per heavy atom. The highest BCUT2D eigenvalue weighted by atomic mass is 127. The van der Waals surface area contributed by atoms with Gasteiger partial charge in [-0.1, -0.05) is 54.6 Å². The second-order valence-corrected chi connectivity index (χ2v) is 12.1. The van der Waals surface area contributed by atoms with Crippen LogP contribution in [0.1, 0.15) is 51.4 Å². The largest absolute Gasteiger partial charge is 0.507 e. The van der Waals surface area contributed by atoms with Gasteiger partial charge in [-0.3, -0.25) is 0 Å². The molecule has 4 aromatic rings. The molecular weight excluding hydrogens is 655 g/mol. The van der Waals surface area contributed by atoms with Gasteiger partial charge in [0.25, 0.3) is 0 Å². The van der Waals surface area contributed by atoms with Crippen LogP contribution in [0.3, 0.4) is 0 Å². The van der Waals surface area contributed by atoms with E-state index in [1.54, 1.807) is 0 Å². The van der Waals surface area contributed by atoms with Crippen molar-refractivity contribution in [3.05, 3.63) is 115 Å². The van der Waals surface area contributed by atoms with Gasteiger partial charge in [-0.15, -0.1) is 0 Å². The Bertz CT molecular complexity index is 1580. The summed E-state index contributed by atoms with van der Waals surface area (Å²) in [5, 5.41) is 11.6. The fraction of sp³-hybridized carbons (Fsp3) is 0.333. The first kappa shape index (κ1) is 29.8. The summed E-state index contributed by atoms with van der Waals surface area (Å²) in [4.78, 5) is 0. The maximum Gasteiger partial charge on any atom is 0.126 e. The average Bonchev–Trinajstić information content (AvgIpc) is 3.00. The molecule has 224 valence electrons. The quantitative estimate of drug-likeness (QED) is 0.204. The Labute approximate surface area is 267 Å². The van der Waals surface area contributed by atoms with E-state index >= 15 is 0 Å². The topological polar surface area (TPSA) is 66.4 Å². The van der Waals surface area contributed by atoms with E-state index < -0.39 is 0 Å². The van der Waals surface area contributed by atoms with Gasteiger partial charge in [-0.05, 0) is 86.2 Å². The van der Waals surface area contributed by atoms with E-state index in [2.05, 4.69) is 89.3 Å². The van der Waals surface area contributed by atoms with Crippen molar-refractivity contribution in [2.24, 2.45) is 0 Å². The summed E-state index contributed by atoms with van der Waals surface area (Å²) in [5.41, 5.74) is 8.16. The lowest BCUT2D eigenvalue weighted by Crippen LogP contribution is -2.14. The number of hydrogen-bond acceptors (Lipinski definition) is 6. The molecule has 0 atom stereocenters. The zero-order valence-corrected chi connectivity index (χ0v) is 26.7. The summed E-state index contributed by atoms with van der Waals surface area (Å²) in [6, 6.07) is 23.1. The fourth-order valence-electron chi connectivity index (χ4n) is 5.98. The molecule has 0 aromatic heterocycles. The van der Waals surface area contributed by atoms with Gasteiger partial charge in [0.1, 0.15) is 36.2 Å². The third kappa shape index (κ3) is 6.95. The number of aromatic hydroxyl groups is 1. The van der Waals surface area contributed by atoms with Gasteiger partial charge in [-0.2, -0.15) is 0 Å². The Morgan fingerprint density at radius 3 is 1.49 bits per heavy atom. The van der Waals surface area contributed by atoms with E-state index in [-0.39, 0.29) is 0 Å². The second kappa shape index (κ2) is 14.0. The van der Waals surface area contributed by atoms with Gasteiger partial charge in [0.05, 0.1) is 33.0 Å². The Morgan fingerprint density at radius 2 is 1.00 bits per heavy atom. The Hall–Kier alpha value is -3.27. The number of ether oxygens (including phenoxy) is 5. The number of hydrogen-bond donors (Lipinski definition) is 1. The fourth-order valence-corrected chi connectivity index (χ4v) is 6.74. The number of fused-ring (bicyclic) bond motifs is 4. The van der Waals surface area contributed by atoms with Crippen LogP contribution in [0, 0.1) is 3.57 Å². The molecule has 1 N–H and O–H groups in total. The number of rotatable bonds is 2. The molecule has 0 amide bonds. The molecule has 0 unspecified atom stereocenters. The number of para-hydroxylation sites is 3. The molecule has 43 heavy (non-hydrogen) atoms. The molecule has 6 rings (SSSR count). The zero-order chi connectivity index (χ0) is 29.6. The molecule has 0 radical (unpaired) electrons. The van der Waals surface area contributed by atoms with Crippen molar-refractivity contribution in [2.75, 3.05) is 46.2 Å². The van der Waals surface area contributed by atoms with E-state index in [1.165, 1.54) is 0 Å². The molecule has 0 fully saturated rings. The van der Waals surface area contributed by atoms with Crippen molar-refractivity contribution in [1.29, 1.82) is 0 Å². The van der Waals surface area contributed by atoms with E-state index in [1.807, 2.05) is 6.92 Å². The van der Waals surface area contributed by atoms with Crippen LogP contribution in [0.2, 0.25) is 0 Å². The normalized spacial score (nSPS) is 15.6. The minimum absolute atomic E-state index is 0.319. The van der Waals surface area contributed by atoms with Crippen LogP contribution in [0.25, 0.3) is 0 Å². The molecule has 1 aliphatic heterocycles. The maximum atomic E-state index is 11.6. The Kier molecular flexibility index (Phi) is 9.71. The maximum absolute atomic E-state index is 11.6. The first-order valence-electron chi connectivity index (χ1n) is 15.0. The molecule has 4 aromatic carbocycles. The Balaban J connectivity index is 1.56. The van der Waals surface area contributed by atoms with Gasteiger partial charge < -0.3 is 28.8 Å². The van der Waals surface area contributed by atoms with Crippen molar-refractivity contribution in [3.63, 3.8) is 0 Å². The minimum atomic E-state index is 0.319. The number of phenols is 1. The number of benzene rings is 4. The minimum Gasteiger partial charge on any atom is -0.507 e. The highest BCUT2D eigenvalue weighted by Crippen LogP contribution is 2.39. The summed E-state index contributed by atoms with van der Waals surface area (Å²) in [6.45, 7) is 5.37. The van der Waals surface area contributed by atoms with Crippen LogP contribution >= 0.6 is 22.6 Å². The summed E-state index contributed by atoms with van der Waals surface area (Å²) in [7, 11) is 0. The predicted molar refractivity (Wildman–Crippen MR) is 175 cm³/mol. The number of halogens is 1. The van der Waals surface area contributed by atoms with Crippen LogP contribution < -0.4 is 14.2 Å².